The molecule has 0 aromatic carbocycles. The molecule has 0 aliphatic carbocycles. The molecule has 0 spiro atoms. The highest BCUT2D eigenvalue weighted by atomic mass is 15.3. The fourth-order valence-electron chi connectivity index (χ4n) is 0.852. The summed E-state index contributed by atoms with van der Waals surface area (Å²) in [4.78, 5) is 0. The summed E-state index contributed by atoms with van der Waals surface area (Å²) in [5.41, 5.74) is 6.91. The molecule has 0 aliphatic heterocycles. The molecule has 0 aliphatic rings. The van der Waals surface area contributed by atoms with E-state index in [2.05, 4.69) is 38.2 Å². The summed E-state index contributed by atoms with van der Waals surface area (Å²) in [5, 5.41) is 0. The molecule has 66 valence electrons. The summed E-state index contributed by atoms with van der Waals surface area (Å²) >= 11 is 0. The van der Waals surface area contributed by atoms with Gasteiger partial charge in [-0.3, -0.25) is 0 Å². The maximum Gasteiger partial charge on any atom is 0.0192 e. The van der Waals surface area contributed by atoms with E-state index >= 15 is 0 Å². The number of hydrogen-bond acceptors (Lipinski definition) is 2. The summed E-state index contributed by atoms with van der Waals surface area (Å²) in [6.45, 7) is 10.6. The monoisotopic (exact) mass is 156 g/mol. The van der Waals surface area contributed by atoms with Crippen molar-refractivity contribution in [3.8, 4) is 0 Å². The van der Waals surface area contributed by atoms with E-state index in [9.17, 15) is 0 Å². The highest BCUT2D eigenvalue weighted by Crippen LogP contribution is 2.16. The van der Waals surface area contributed by atoms with Crippen LogP contribution in [0.4, 0.5) is 0 Å². The normalized spacial score (nSPS) is 13.2. The maximum atomic E-state index is 3.89. The van der Waals surface area contributed by atoms with Gasteiger partial charge in [0.2, 0.25) is 0 Å². The van der Waals surface area contributed by atoms with Crippen molar-refractivity contribution in [3.05, 3.63) is 12.3 Å². The molecule has 2 heteroatoms. The van der Waals surface area contributed by atoms with Gasteiger partial charge in [-0.05, 0) is 18.3 Å². The minimum Gasteiger partial charge on any atom is -0.326 e. The molecule has 0 radical (unpaired) electrons. The first-order valence-electron chi connectivity index (χ1n) is 4.18. The van der Waals surface area contributed by atoms with E-state index in [1.54, 1.807) is 0 Å². The van der Waals surface area contributed by atoms with Crippen LogP contribution in [0.1, 0.15) is 27.2 Å². The summed E-state index contributed by atoms with van der Waals surface area (Å²) < 4.78 is 0. The quantitative estimate of drug-likeness (QED) is 0.594. The Balaban J connectivity index is 3.57. The van der Waals surface area contributed by atoms with Crippen molar-refractivity contribution in [2.75, 3.05) is 7.05 Å². The molecule has 0 amide bonds. The molecule has 0 heterocycles. The second kappa shape index (κ2) is 5.19. The van der Waals surface area contributed by atoms with Gasteiger partial charge < -0.3 is 5.43 Å². The van der Waals surface area contributed by atoms with Crippen LogP contribution in [0.2, 0.25) is 0 Å². The Morgan fingerprint density at radius 3 is 2.27 bits per heavy atom. The van der Waals surface area contributed by atoms with Gasteiger partial charge in [0.1, 0.15) is 0 Å². The van der Waals surface area contributed by atoms with Crippen molar-refractivity contribution >= 4 is 0 Å². The minimum atomic E-state index is 0.698. The molecule has 11 heavy (non-hydrogen) atoms. The highest BCUT2D eigenvalue weighted by Gasteiger charge is 2.07. The first-order valence-corrected chi connectivity index (χ1v) is 4.18. The molecule has 0 rings (SSSR count). The van der Waals surface area contributed by atoms with Gasteiger partial charge in [0.15, 0.2) is 0 Å². The van der Waals surface area contributed by atoms with Crippen LogP contribution in [0.3, 0.4) is 0 Å². The average molecular weight is 156 g/mol. The Morgan fingerprint density at radius 1 is 1.36 bits per heavy atom. The van der Waals surface area contributed by atoms with E-state index in [0.717, 1.165) is 18.0 Å². The molecule has 0 aromatic heterocycles. The van der Waals surface area contributed by atoms with Crippen LogP contribution < -0.4 is 10.9 Å². The summed E-state index contributed by atoms with van der Waals surface area (Å²) in [7, 11) is 1.85. The van der Waals surface area contributed by atoms with Gasteiger partial charge in [-0.15, -0.1) is 0 Å². The SMILES string of the molecule is C=C(CC(C)C(C)C)NNC. The highest BCUT2D eigenvalue weighted by molar-refractivity contribution is 4.90. The zero-order valence-electron chi connectivity index (χ0n) is 8.07. The summed E-state index contributed by atoms with van der Waals surface area (Å²) in [5.74, 6) is 1.42. The molecule has 0 aromatic rings. The van der Waals surface area contributed by atoms with Crippen LogP contribution in [0.15, 0.2) is 12.3 Å². The van der Waals surface area contributed by atoms with Crippen molar-refractivity contribution in [2.24, 2.45) is 11.8 Å². The average Bonchev–Trinajstić information content (AvgIpc) is 1.87. The molecule has 2 nitrogen and oxygen atoms in total. The number of rotatable bonds is 5. The number of allylic oxidation sites excluding steroid dienone is 1. The molecule has 0 saturated heterocycles. The molecule has 1 atom stereocenters. The van der Waals surface area contributed by atoms with E-state index in [1.165, 1.54) is 0 Å². The van der Waals surface area contributed by atoms with Crippen molar-refractivity contribution in [1.29, 1.82) is 0 Å². The molecular weight excluding hydrogens is 136 g/mol. The van der Waals surface area contributed by atoms with E-state index in [4.69, 9.17) is 0 Å². The first kappa shape index (κ1) is 10.5. The van der Waals surface area contributed by atoms with Crippen LogP contribution in [-0.2, 0) is 0 Å². The molecular formula is C9H20N2. The third-order valence-corrected chi connectivity index (χ3v) is 2.01. The third-order valence-electron chi connectivity index (χ3n) is 2.01. The molecule has 1 unspecified atom stereocenters. The van der Waals surface area contributed by atoms with Gasteiger partial charge in [-0.1, -0.05) is 27.4 Å². The van der Waals surface area contributed by atoms with Crippen molar-refractivity contribution < 1.29 is 0 Å². The minimum absolute atomic E-state index is 0.698. The van der Waals surface area contributed by atoms with Crippen LogP contribution in [0, 0.1) is 11.8 Å². The Morgan fingerprint density at radius 2 is 1.91 bits per heavy atom. The Hall–Kier alpha value is -0.500. The molecule has 0 bridgehead atoms. The lowest BCUT2D eigenvalue weighted by molar-refractivity contribution is 0.404. The van der Waals surface area contributed by atoms with Gasteiger partial charge in [0.05, 0.1) is 0 Å². The molecule has 0 fully saturated rings. The van der Waals surface area contributed by atoms with E-state index < -0.39 is 0 Å². The maximum absolute atomic E-state index is 3.89. The Labute approximate surface area is 70.0 Å². The van der Waals surface area contributed by atoms with E-state index in [1.807, 2.05) is 7.05 Å². The van der Waals surface area contributed by atoms with Crippen molar-refractivity contribution in [1.82, 2.24) is 10.9 Å². The van der Waals surface area contributed by atoms with E-state index in [-0.39, 0.29) is 0 Å². The number of hydrazine groups is 1. The smallest absolute Gasteiger partial charge is 0.0192 e. The van der Waals surface area contributed by atoms with Gasteiger partial charge in [-0.2, -0.15) is 0 Å². The second-order valence-corrected chi connectivity index (χ2v) is 3.40. The van der Waals surface area contributed by atoms with Crippen molar-refractivity contribution in [3.63, 3.8) is 0 Å². The van der Waals surface area contributed by atoms with Gasteiger partial charge in [0.25, 0.3) is 0 Å². The number of nitrogens with one attached hydrogen (secondary N) is 2. The Kier molecular flexibility index (Phi) is 4.95. The van der Waals surface area contributed by atoms with Gasteiger partial charge in [0, 0.05) is 12.7 Å². The fraction of sp³-hybridized carbons (Fsp3) is 0.778. The summed E-state index contributed by atoms with van der Waals surface area (Å²) in [6.07, 6.45) is 1.04. The van der Waals surface area contributed by atoms with Crippen molar-refractivity contribution in [2.45, 2.75) is 27.2 Å². The van der Waals surface area contributed by atoms with E-state index in [0.29, 0.717) is 5.92 Å². The zero-order valence-corrected chi connectivity index (χ0v) is 8.07. The van der Waals surface area contributed by atoms with Gasteiger partial charge >= 0.3 is 0 Å². The predicted octanol–water partition coefficient (Wildman–Crippen LogP) is 1.91. The number of hydrogen-bond donors (Lipinski definition) is 2. The lowest BCUT2D eigenvalue weighted by Crippen LogP contribution is -2.27. The van der Waals surface area contributed by atoms with Gasteiger partial charge in [-0.25, -0.2) is 5.43 Å². The predicted molar refractivity (Wildman–Crippen MR) is 50.0 cm³/mol. The lowest BCUT2D eigenvalue weighted by Gasteiger charge is -2.17. The van der Waals surface area contributed by atoms with Crippen LogP contribution in [0.5, 0.6) is 0 Å². The Bertz CT molecular complexity index is 119. The lowest BCUT2D eigenvalue weighted by atomic mass is 9.94. The zero-order chi connectivity index (χ0) is 8.85. The second-order valence-electron chi connectivity index (χ2n) is 3.40. The van der Waals surface area contributed by atoms with Crippen LogP contribution in [-0.4, -0.2) is 7.05 Å². The standard InChI is InChI=1S/C9H20N2/c1-7(2)8(3)6-9(4)11-10-5/h7-8,10-11H,4,6H2,1-3,5H3. The third kappa shape index (κ3) is 4.85. The first-order chi connectivity index (χ1) is 5.07. The summed E-state index contributed by atoms with van der Waals surface area (Å²) in [6, 6.07) is 0. The van der Waals surface area contributed by atoms with Crippen LogP contribution in [0.25, 0.3) is 0 Å². The molecule has 2 N–H and O–H groups in total. The van der Waals surface area contributed by atoms with Crippen LogP contribution >= 0.6 is 0 Å². The largest absolute Gasteiger partial charge is 0.326 e. The topological polar surface area (TPSA) is 24.1 Å². The fourth-order valence-corrected chi connectivity index (χ4v) is 0.852. The molecule has 0 saturated carbocycles.